The molecule has 2 heterocycles. The molecule has 0 aliphatic heterocycles. The number of hydrogen-bond donors (Lipinski definition) is 1. The maximum Gasteiger partial charge on any atom is 0.274 e. The van der Waals surface area contributed by atoms with Crippen LogP contribution in [0.1, 0.15) is 30.9 Å². The molecule has 0 saturated carbocycles. The van der Waals surface area contributed by atoms with Gasteiger partial charge < -0.3 is 4.98 Å². The van der Waals surface area contributed by atoms with Crippen LogP contribution in [0.3, 0.4) is 0 Å². The van der Waals surface area contributed by atoms with Crippen molar-refractivity contribution in [3.63, 3.8) is 0 Å². The Balaban J connectivity index is 2.65. The van der Waals surface area contributed by atoms with Crippen LogP contribution in [-0.4, -0.2) is 29.0 Å². The molecule has 1 aromatic carbocycles. The predicted octanol–water partition coefficient (Wildman–Crippen LogP) is 2.01. The smallest absolute Gasteiger partial charge is 0.274 e. The third kappa shape index (κ3) is 2.35. The van der Waals surface area contributed by atoms with Crippen LogP contribution < -0.4 is 5.56 Å². The van der Waals surface area contributed by atoms with Crippen LogP contribution in [0.15, 0.2) is 21.8 Å². The zero-order valence-corrected chi connectivity index (χ0v) is 14.4. The molecule has 0 fully saturated rings. The fraction of sp³-hybridized carbons (Fsp3) is 0.375. The minimum Gasteiger partial charge on any atom is -0.319 e. The quantitative estimate of drug-likeness (QED) is 0.794. The van der Waals surface area contributed by atoms with Gasteiger partial charge in [0, 0.05) is 12.7 Å². The summed E-state index contributed by atoms with van der Waals surface area (Å²) in [6.45, 7) is 5.68. The molecule has 0 amide bonds. The molecule has 23 heavy (non-hydrogen) atoms. The van der Waals surface area contributed by atoms with E-state index in [1.165, 1.54) is 6.26 Å². The molecule has 3 rings (SSSR count). The van der Waals surface area contributed by atoms with Crippen molar-refractivity contribution in [3.05, 3.63) is 39.6 Å². The van der Waals surface area contributed by atoms with Gasteiger partial charge in [0.2, 0.25) is 0 Å². The predicted molar refractivity (Wildman–Crippen MR) is 89.9 cm³/mol. The Morgan fingerprint density at radius 2 is 1.91 bits per heavy atom. The van der Waals surface area contributed by atoms with E-state index in [0.717, 1.165) is 11.4 Å². The van der Waals surface area contributed by atoms with E-state index in [2.05, 4.69) is 9.97 Å². The second-order valence-corrected chi connectivity index (χ2v) is 7.72. The Bertz CT molecular complexity index is 1090. The van der Waals surface area contributed by atoms with Gasteiger partial charge in [-0.2, -0.15) is 0 Å². The number of rotatable bonds is 3. The number of aromatic nitrogens is 3. The molecular weight excluding hydrogens is 314 g/mol. The third-order valence-corrected chi connectivity index (χ3v) is 5.21. The molecule has 0 atom stereocenters. The molecule has 6 nitrogen and oxygen atoms in total. The van der Waals surface area contributed by atoms with Gasteiger partial charge in [0.1, 0.15) is 11.3 Å². The summed E-state index contributed by atoms with van der Waals surface area (Å²) in [6.07, 6.45) is 2.46. The van der Waals surface area contributed by atoms with Gasteiger partial charge in [-0.15, -0.1) is 0 Å². The highest BCUT2D eigenvalue weighted by molar-refractivity contribution is 7.90. The highest BCUT2D eigenvalue weighted by Crippen LogP contribution is 2.24. The zero-order valence-electron chi connectivity index (χ0n) is 13.6. The van der Waals surface area contributed by atoms with Gasteiger partial charge in [-0.3, -0.25) is 9.20 Å². The first-order valence-electron chi connectivity index (χ1n) is 7.54. The van der Waals surface area contributed by atoms with Gasteiger partial charge in [-0.05, 0) is 31.0 Å². The Morgan fingerprint density at radius 3 is 2.48 bits per heavy atom. The molecule has 0 unspecified atom stereocenters. The second kappa shape index (κ2) is 5.19. The number of aryl methyl sites for hydroxylation is 3. The number of fused-ring (bicyclic) bond motifs is 3. The number of hydrogen-bond acceptors (Lipinski definition) is 4. The summed E-state index contributed by atoms with van der Waals surface area (Å²) in [4.78, 5) is 20.1. The number of sulfone groups is 1. The van der Waals surface area contributed by atoms with Crippen LogP contribution in [0, 0.1) is 6.92 Å². The second-order valence-electron chi connectivity index (χ2n) is 5.71. The Morgan fingerprint density at radius 1 is 1.22 bits per heavy atom. The highest BCUT2D eigenvalue weighted by atomic mass is 32.2. The molecule has 0 bridgehead atoms. The fourth-order valence-electron chi connectivity index (χ4n) is 2.99. The van der Waals surface area contributed by atoms with Crippen molar-refractivity contribution in [2.45, 2.75) is 38.5 Å². The minimum atomic E-state index is -3.34. The van der Waals surface area contributed by atoms with Gasteiger partial charge in [-0.1, -0.05) is 13.8 Å². The number of H-pyrrole nitrogens is 1. The summed E-state index contributed by atoms with van der Waals surface area (Å²) < 4.78 is 25.8. The average Bonchev–Trinajstić information content (AvgIpc) is 2.83. The summed E-state index contributed by atoms with van der Waals surface area (Å²) in [5.41, 5.74) is 3.07. The van der Waals surface area contributed by atoms with Crippen LogP contribution in [0.5, 0.6) is 0 Å². The fourth-order valence-corrected chi connectivity index (χ4v) is 3.68. The van der Waals surface area contributed by atoms with E-state index in [0.29, 0.717) is 35.1 Å². The van der Waals surface area contributed by atoms with Crippen LogP contribution >= 0.6 is 0 Å². The van der Waals surface area contributed by atoms with Crippen LogP contribution in [0.2, 0.25) is 0 Å². The molecule has 0 aliphatic rings. The van der Waals surface area contributed by atoms with Crippen LogP contribution in [-0.2, 0) is 22.7 Å². The van der Waals surface area contributed by atoms with E-state index in [-0.39, 0.29) is 10.5 Å². The summed E-state index contributed by atoms with van der Waals surface area (Å²) in [7, 11) is -3.34. The van der Waals surface area contributed by atoms with E-state index in [1.54, 1.807) is 23.5 Å². The highest BCUT2D eigenvalue weighted by Gasteiger charge is 2.18. The van der Waals surface area contributed by atoms with Crippen molar-refractivity contribution in [2.75, 3.05) is 6.26 Å². The van der Waals surface area contributed by atoms with Gasteiger partial charge in [-0.25, -0.2) is 13.4 Å². The lowest BCUT2D eigenvalue weighted by molar-refractivity contribution is 0.602. The summed E-state index contributed by atoms with van der Waals surface area (Å²) in [6, 6.07) is 3.25. The lowest BCUT2D eigenvalue weighted by Crippen LogP contribution is -2.13. The Labute approximate surface area is 134 Å². The lowest BCUT2D eigenvalue weighted by atomic mass is 10.1. The molecule has 2 aromatic heterocycles. The van der Waals surface area contributed by atoms with Crippen molar-refractivity contribution in [2.24, 2.45) is 0 Å². The number of aromatic amines is 1. The van der Waals surface area contributed by atoms with Crippen molar-refractivity contribution < 1.29 is 8.42 Å². The van der Waals surface area contributed by atoms with E-state index in [4.69, 9.17) is 0 Å². The molecular formula is C16H19N3O3S. The van der Waals surface area contributed by atoms with E-state index in [9.17, 15) is 13.2 Å². The zero-order chi connectivity index (χ0) is 16.9. The monoisotopic (exact) mass is 333 g/mol. The first-order chi connectivity index (χ1) is 10.8. The largest absolute Gasteiger partial charge is 0.319 e. The summed E-state index contributed by atoms with van der Waals surface area (Å²) in [5.74, 6) is 0.751. The molecule has 7 heteroatoms. The number of nitrogens with zero attached hydrogens (tertiary/aromatic N) is 2. The topological polar surface area (TPSA) is 84.3 Å². The lowest BCUT2D eigenvalue weighted by Gasteiger charge is -2.11. The van der Waals surface area contributed by atoms with E-state index in [1.807, 2.05) is 13.8 Å². The first-order valence-corrected chi connectivity index (χ1v) is 9.44. The SMILES string of the molecule is CCc1cc(S(C)(=O)=O)cc2c1[nH]c(=O)c1c(C)nc(CC)n12. The Hall–Kier alpha value is -2.15. The summed E-state index contributed by atoms with van der Waals surface area (Å²) in [5, 5.41) is 0. The first kappa shape index (κ1) is 15.7. The van der Waals surface area contributed by atoms with E-state index < -0.39 is 9.84 Å². The van der Waals surface area contributed by atoms with Gasteiger partial charge in [0.05, 0.1) is 21.6 Å². The van der Waals surface area contributed by atoms with E-state index >= 15 is 0 Å². The molecule has 1 N–H and O–H groups in total. The molecule has 0 saturated heterocycles. The molecule has 0 spiro atoms. The standard InChI is InChI=1S/C16H19N3O3S/c1-5-10-7-11(23(4,21)22)8-12-14(10)18-16(20)15-9(3)17-13(6-2)19(12)15/h7-8H,5-6H2,1-4H3,(H,18,20). The maximum atomic E-state index is 12.5. The molecule has 3 aromatic rings. The average molecular weight is 333 g/mol. The van der Waals surface area contributed by atoms with Crippen molar-refractivity contribution >= 4 is 26.4 Å². The number of nitrogens with one attached hydrogen (secondary N) is 1. The van der Waals surface area contributed by atoms with Crippen molar-refractivity contribution in [1.29, 1.82) is 0 Å². The summed E-state index contributed by atoms with van der Waals surface area (Å²) >= 11 is 0. The normalized spacial score (nSPS) is 12.3. The Kier molecular flexibility index (Phi) is 3.55. The third-order valence-electron chi connectivity index (χ3n) is 4.11. The number of imidazole rings is 1. The minimum absolute atomic E-state index is 0.205. The number of benzene rings is 1. The van der Waals surface area contributed by atoms with Gasteiger partial charge in [0.25, 0.3) is 5.56 Å². The molecule has 122 valence electrons. The van der Waals surface area contributed by atoms with Gasteiger partial charge >= 0.3 is 0 Å². The van der Waals surface area contributed by atoms with Crippen molar-refractivity contribution in [3.8, 4) is 0 Å². The van der Waals surface area contributed by atoms with Crippen LogP contribution in [0.4, 0.5) is 0 Å². The molecule has 0 aliphatic carbocycles. The van der Waals surface area contributed by atoms with Crippen molar-refractivity contribution in [1.82, 2.24) is 14.4 Å². The van der Waals surface area contributed by atoms with Crippen LogP contribution in [0.25, 0.3) is 16.6 Å². The molecule has 0 radical (unpaired) electrons. The maximum absolute atomic E-state index is 12.5. The van der Waals surface area contributed by atoms with Gasteiger partial charge in [0.15, 0.2) is 9.84 Å².